The van der Waals surface area contributed by atoms with Crippen LogP contribution in [0.1, 0.15) is 48.2 Å². The Morgan fingerprint density at radius 1 is 1.11 bits per heavy atom. The minimum atomic E-state index is -0.253. The zero-order valence-electron chi connectivity index (χ0n) is 22.0. The molecule has 4 heterocycles. The summed E-state index contributed by atoms with van der Waals surface area (Å²) in [6, 6.07) is 13.9. The number of rotatable bonds is 6. The highest BCUT2D eigenvalue weighted by molar-refractivity contribution is 6.30. The number of aromatic amines is 1. The monoisotopic (exact) mass is 527 g/mol. The van der Waals surface area contributed by atoms with Gasteiger partial charge in [0.2, 0.25) is 0 Å². The maximum absolute atomic E-state index is 14.8. The molecule has 0 amide bonds. The molecule has 0 saturated carbocycles. The topological polar surface area (TPSA) is 49.7 Å². The summed E-state index contributed by atoms with van der Waals surface area (Å²) in [5.74, 6) is 0.683. The molecular formula is C31H31ClFN5. The van der Waals surface area contributed by atoms with Crippen molar-refractivity contribution in [2.45, 2.75) is 53.0 Å². The van der Waals surface area contributed by atoms with Crippen LogP contribution in [-0.4, -0.2) is 26.3 Å². The number of hydrogen-bond acceptors (Lipinski definition) is 3. The lowest BCUT2D eigenvalue weighted by molar-refractivity contribution is 0.637. The summed E-state index contributed by atoms with van der Waals surface area (Å²) in [7, 11) is 0. The van der Waals surface area contributed by atoms with Gasteiger partial charge in [-0.25, -0.2) is 14.1 Å². The number of hydrogen-bond donors (Lipinski definition) is 1. The number of para-hydroxylation sites is 1. The van der Waals surface area contributed by atoms with Crippen molar-refractivity contribution in [3.63, 3.8) is 0 Å². The molecule has 0 unspecified atom stereocenters. The second-order valence-corrected chi connectivity index (χ2v) is 10.5. The summed E-state index contributed by atoms with van der Waals surface area (Å²) in [6.45, 7) is 7.93. The molecule has 0 fully saturated rings. The number of fused-ring (bicyclic) bond motifs is 2. The number of benzene rings is 2. The molecule has 5 nitrogen and oxygen atoms in total. The van der Waals surface area contributed by atoms with Gasteiger partial charge in [0.15, 0.2) is 0 Å². The van der Waals surface area contributed by atoms with E-state index < -0.39 is 0 Å². The van der Waals surface area contributed by atoms with E-state index in [0.717, 1.165) is 77.2 Å². The van der Waals surface area contributed by atoms with Crippen LogP contribution in [0.3, 0.4) is 0 Å². The maximum Gasteiger partial charge on any atom is 0.147 e. The minimum absolute atomic E-state index is 0.253. The number of aryl methyl sites for hydroxylation is 3. The Morgan fingerprint density at radius 2 is 1.95 bits per heavy atom. The first-order valence-corrected chi connectivity index (χ1v) is 13.7. The first kappa shape index (κ1) is 24.7. The van der Waals surface area contributed by atoms with Crippen LogP contribution in [0.2, 0.25) is 5.02 Å². The predicted octanol–water partition coefficient (Wildman–Crippen LogP) is 7.59. The number of anilines is 1. The van der Waals surface area contributed by atoms with Gasteiger partial charge in [0, 0.05) is 48.4 Å². The van der Waals surface area contributed by atoms with Crippen molar-refractivity contribution >= 4 is 28.3 Å². The van der Waals surface area contributed by atoms with Crippen molar-refractivity contribution in [2.24, 2.45) is 0 Å². The van der Waals surface area contributed by atoms with Crippen molar-refractivity contribution in [2.75, 3.05) is 11.4 Å². The SMILES string of the molecule is CCCc1cccc(CC)c1-n1nc2c(c1-c1ccc(F)c3[nH]ccc13)CN(c1ncc(Cl)cc1C)CC2. The Kier molecular flexibility index (Phi) is 6.44. The number of halogens is 2. The van der Waals surface area contributed by atoms with Crippen LogP contribution >= 0.6 is 11.6 Å². The lowest BCUT2D eigenvalue weighted by Crippen LogP contribution is -2.31. The molecule has 0 saturated heterocycles. The molecule has 0 spiro atoms. The third-order valence-corrected chi connectivity index (χ3v) is 7.80. The second-order valence-electron chi connectivity index (χ2n) is 10.0. The average molecular weight is 528 g/mol. The van der Waals surface area contributed by atoms with E-state index in [1.54, 1.807) is 18.5 Å². The third kappa shape index (κ3) is 4.08. The molecule has 0 aliphatic carbocycles. The molecule has 5 aromatic rings. The highest BCUT2D eigenvalue weighted by Gasteiger charge is 2.30. The highest BCUT2D eigenvalue weighted by Crippen LogP contribution is 2.39. The molecular weight excluding hydrogens is 497 g/mol. The van der Waals surface area contributed by atoms with Crippen LogP contribution in [0.15, 0.2) is 54.9 Å². The van der Waals surface area contributed by atoms with Gasteiger partial charge >= 0.3 is 0 Å². The average Bonchev–Trinajstić information content (AvgIpc) is 3.55. The van der Waals surface area contributed by atoms with Crippen LogP contribution in [0.25, 0.3) is 27.8 Å². The minimum Gasteiger partial charge on any atom is -0.359 e. The van der Waals surface area contributed by atoms with Gasteiger partial charge in [-0.2, -0.15) is 5.10 Å². The molecule has 38 heavy (non-hydrogen) atoms. The fourth-order valence-corrected chi connectivity index (χ4v) is 6.07. The van der Waals surface area contributed by atoms with Crippen LogP contribution in [0, 0.1) is 12.7 Å². The van der Waals surface area contributed by atoms with E-state index in [1.807, 2.05) is 25.1 Å². The fourth-order valence-electron chi connectivity index (χ4n) is 5.86. The summed E-state index contributed by atoms with van der Waals surface area (Å²) < 4.78 is 16.9. The Bertz CT molecular complexity index is 1650. The quantitative estimate of drug-likeness (QED) is 0.247. The standard InChI is InChI=1S/C31H31ClFN5/c1-4-7-21-9-6-8-20(5-2)29(21)38-30(24-10-11-26(33)28-23(24)12-14-34-28)25-18-37(15-13-27(25)36-38)31-19(3)16-22(32)17-35-31/h6,8-12,14,16-17,34H,4-5,7,13,15,18H2,1-3H3. The van der Waals surface area contributed by atoms with Crippen LogP contribution in [0.4, 0.5) is 10.2 Å². The first-order chi connectivity index (χ1) is 18.5. The van der Waals surface area contributed by atoms with Gasteiger partial charge in [0.1, 0.15) is 11.6 Å². The molecule has 6 rings (SSSR count). The number of nitrogens with one attached hydrogen (secondary N) is 1. The Morgan fingerprint density at radius 3 is 2.74 bits per heavy atom. The van der Waals surface area contributed by atoms with Crippen molar-refractivity contribution < 1.29 is 4.39 Å². The molecule has 194 valence electrons. The lowest BCUT2D eigenvalue weighted by Gasteiger charge is -2.29. The number of aromatic nitrogens is 4. The Balaban J connectivity index is 1.61. The molecule has 0 bridgehead atoms. The molecule has 2 aromatic carbocycles. The lowest BCUT2D eigenvalue weighted by atomic mass is 9.97. The van der Waals surface area contributed by atoms with Gasteiger partial charge in [-0.15, -0.1) is 0 Å². The first-order valence-electron chi connectivity index (χ1n) is 13.3. The van der Waals surface area contributed by atoms with Crippen LogP contribution in [0.5, 0.6) is 0 Å². The van der Waals surface area contributed by atoms with E-state index in [0.29, 0.717) is 17.1 Å². The van der Waals surface area contributed by atoms with Gasteiger partial charge < -0.3 is 9.88 Å². The van der Waals surface area contributed by atoms with Gasteiger partial charge in [0.05, 0.1) is 27.6 Å². The summed E-state index contributed by atoms with van der Waals surface area (Å²) in [5.41, 5.74) is 9.52. The zero-order chi connectivity index (χ0) is 26.4. The Labute approximate surface area is 227 Å². The van der Waals surface area contributed by atoms with E-state index in [4.69, 9.17) is 16.7 Å². The molecule has 0 atom stereocenters. The molecule has 1 N–H and O–H groups in total. The van der Waals surface area contributed by atoms with E-state index in [9.17, 15) is 4.39 Å². The van der Waals surface area contributed by atoms with E-state index >= 15 is 0 Å². The number of H-pyrrole nitrogens is 1. The Hall–Kier alpha value is -3.64. The van der Waals surface area contributed by atoms with E-state index in [-0.39, 0.29) is 5.82 Å². The molecule has 1 aliphatic rings. The fraction of sp³-hybridized carbons (Fsp3) is 0.290. The predicted molar refractivity (Wildman–Crippen MR) is 153 cm³/mol. The second kappa shape index (κ2) is 9.91. The van der Waals surface area contributed by atoms with Crippen molar-refractivity contribution in [1.82, 2.24) is 19.7 Å². The maximum atomic E-state index is 14.8. The highest BCUT2D eigenvalue weighted by atomic mass is 35.5. The summed E-state index contributed by atoms with van der Waals surface area (Å²) in [6.07, 6.45) is 7.23. The van der Waals surface area contributed by atoms with Gasteiger partial charge in [-0.05, 0) is 60.7 Å². The molecule has 1 aliphatic heterocycles. The summed E-state index contributed by atoms with van der Waals surface area (Å²) in [4.78, 5) is 10.1. The molecule has 0 radical (unpaired) electrons. The van der Waals surface area contributed by atoms with Gasteiger partial charge in [-0.3, -0.25) is 0 Å². The summed E-state index contributed by atoms with van der Waals surface area (Å²) in [5, 5.41) is 6.77. The van der Waals surface area contributed by atoms with Crippen LogP contribution < -0.4 is 4.90 Å². The summed E-state index contributed by atoms with van der Waals surface area (Å²) >= 11 is 6.21. The zero-order valence-corrected chi connectivity index (χ0v) is 22.7. The number of pyridine rings is 1. The largest absolute Gasteiger partial charge is 0.359 e. The van der Waals surface area contributed by atoms with Crippen molar-refractivity contribution in [3.8, 4) is 16.9 Å². The van der Waals surface area contributed by atoms with Crippen molar-refractivity contribution in [1.29, 1.82) is 0 Å². The van der Waals surface area contributed by atoms with Gasteiger partial charge in [-0.1, -0.05) is 50.1 Å². The van der Waals surface area contributed by atoms with E-state index in [2.05, 4.69) is 51.6 Å². The smallest absolute Gasteiger partial charge is 0.147 e. The van der Waals surface area contributed by atoms with E-state index in [1.165, 1.54) is 11.1 Å². The van der Waals surface area contributed by atoms with Crippen LogP contribution in [-0.2, 0) is 25.8 Å². The van der Waals surface area contributed by atoms with Gasteiger partial charge in [0.25, 0.3) is 0 Å². The van der Waals surface area contributed by atoms with Crippen molar-refractivity contribution in [3.05, 3.63) is 93.6 Å². The molecule has 7 heteroatoms. The molecule has 3 aromatic heterocycles. The normalized spacial score (nSPS) is 13.3. The number of nitrogens with zero attached hydrogens (tertiary/aromatic N) is 4. The third-order valence-electron chi connectivity index (χ3n) is 7.59.